The Balaban J connectivity index is 2.57. The maximum atomic E-state index is 4.34. The Morgan fingerprint density at radius 2 is 1.56 bits per heavy atom. The summed E-state index contributed by atoms with van der Waals surface area (Å²) >= 11 is 0. The molecule has 138 valence electrons. The fourth-order valence-corrected chi connectivity index (χ4v) is 3.16. The Bertz CT molecular complexity index is 910. The summed E-state index contributed by atoms with van der Waals surface area (Å²) in [6, 6.07) is 16.8. The van der Waals surface area contributed by atoms with E-state index >= 15 is 0 Å². The largest absolute Gasteiger partial charge is 0.317 e. The highest BCUT2D eigenvalue weighted by Gasteiger charge is 2.16. The van der Waals surface area contributed by atoms with Crippen LogP contribution in [0.1, 0.15) is 33.3 Å². The maximum absolute atomic E-state index is 4.34. The van der Waals surface area contributed by atoms with E-state index in [1.54, 1.807) is 0 Å². The fourth-order valence-electron chi connectivity index (χ4n) is 3.16. The van der Waals surface area contributed by atoms with Crippen molar-refractivity contribution in [3.8, 4) is 11.1 Å². The summed E-state index contributed by atoms with van der Waals surface area (Å²) in [6.45, 7) is 20.8. The van der Waals surface area contributed by atoms with Gasteiger partial charge < -0.3 is 4.90 Å². The van der Waals surface area contributed by atoms with Crippen LogP contribution < -0.4 is 4.90 Å². The Morgan fingerprint density at radius 3 is 2.07 bits per heavy atom. The second-order valence-electron chi connectivity index (χ2n) is 6.55. The summed E-state index contributed by atoms with van der Waals surface area (Å²) in [5, 5.41) is 0. The number of hydrogen-bond acceptors (Lipinski definition) is 1. The molecule has 0 amide bonds. The van der Waals surface area contributed by atoms with Gasteiger partial charge in [-0.1, -0.05) is 68.3 Å². The van der Waals surface area contributed by atoms with E-state index in [1.165, 1.54) is 16.7 Å². The normalized spacial score (nSPS) is 11.9. The molecule has 0 fully saturated rings. The van der Waals surface area contributed by atoms with Crippen molar-refractivity contribution in [1.29, 1.82) is 0 Å². The molecule has 2 aromatic rings. The molecule has 27 heavy (non-hydrogen) atoms. The molecule has 1 nitrogen and oxygen atoms in total. The first-order valence-corrected chi connectivity index (χ1v) is 9.20. The van der Waals surface area contributed by atoms with E-state index in [0.717, 1.165) is 28.1 Å². The predicted molar refractivity (Wildman–Crippen MR) is 122 cm³/mol. The zero-order valence-electron chi connectivity index (χ0n) is 16.9. The lowest BCUT2D eigenvalue weighted by atomic mass is 9.97. The summed E-state index contributed by atoms with van der Waals surface area (Å²) < 4.78 is 0. The summed E-state index contributed by atoms with van der Waals surface area (Å²) in [6.07, 6.45) is 6.01. The molecule has 1 heteroatoms. The zero-order valence-corrected chi connectivity index (χ0v) is 16.9. The summed E-state index contributed by atoms with van der Waals surface area (Å²) in [5.74, 6) is 0. The molecular formula is C26H29N. The van der Waals surface area contributed by atoms with Crippen molar-refractivity contribution in [1.82, 2.24) is 0 Å². The molecule has 0 atom stereocenters. The number of allylic oxidation sites excluding steroid dienone is 4. The molecule has 0 N–H and O–H groups in total. The number of anilines is 1. The molecule has 0 heterocycles. The van der Waals surface area contributed by atoms with Gasteiger partial charge in [-0.3, -0.25) is 0 Å². The van der Waals surface area contributed by atoms with Gasteiger partial charge in [0.2, 0.25) is 0 Å². The van der Waals surface area contributed by atoms with Crippen LogP contribution in [0.2, 0.25) is 0 Å². The van der Waals surface area contributed by atoms with Gasteiger partial charge in [-0.25, -0.2) is 0 Å². The van der Waals surface area contributed by atoms with Crippen molar-refractivity contribution in [2.24, 2.45) is 0 Å². The van der Waals surface area contributed by atoms with Crippen LogP contribution in [0.15, 0.2) is 103 Å². The molecule has 0 aromatic heterocycles. The Morgan fingerprint density at radius 1 is 0.889 bits per heavy atom. The van der Waals surface area contributed by atoms with Crippen LogP contribution in [0.3, 0.4) is 0 Å². The molecular weight excluding hydrogens is 326 g/mol. The van der Waals surface area contributed by atoms with Crippen LogP contribution in [-0.2, 0) is 0 Å². The van der Waals surface area contributed by atoms with Gasteiger partial charge >= 0.3 is 0 Å². The molecule has 0 radical (unpaired) electrons. The average molecular weight is 356 g/mol. The van der Waals surface area contributed by atoms with Crippen LogP contribution in [0, 0.1) is 0 Å². The molecule has 0 spiro atoms. The zero-order chi connectivity index (χ0) is 20.0. The van der Waals surface area contributed by atoms with Crippen molar-refractivity contribution in [3.05, 3.63) is 109 Å². The minimum atomic E-state index is 0.901. The second-order valence-corrected chi connectivity index (χ2v) is 6.55. The highest BCUT2D eigenvalue weighted by molar-refractivity contribution is 5.82. The van der Waals surface area contributed by atoms with Crippen molar-refractivity contribution < 1.29 is 0 Å². The van der Waals surface area contributed by atoms with Crippen LogP contribution in [0.25, 0.3) is 16.7 Å². The third-order valence-corrected chi connectivity index (χ3v) is 4.75. The van der Waals surface area contributed by atoms with E-state index in [4.69, 9.17) is 0 Å². The molecule has 0 aliphatic heterocycles. The lowest BCUT2D eigenvalue weighted by Gasteiger charge is -2.28. The quantitative estimate of drug-likeness (QED) is 0.459. The van der Waals surface area contributed by atoms with Gasteiger partial charge in [0.25, 0.3) is 0 Å². The third-order valence-electron chi connectivity index (χ3n) is 4.75. The van der Waals surface area contributed by atoms with E-state index in [1.807, 2.05) is 37.9 Å². The molecule has 2 aromatic carbocycles. The lowest BCUT2D eigenvalue weighted by Crippen LogP contribution is -2.17. The first-order valence-electron chi connectivity index (χ1n) is 9.20. The second kappa shape index (κ2) is 9.05. The van der Waals surface area contributed by atoms with Gasteiger partial charge in [-0.15, -0.1) is 0 Å². The number of nitrogens with zero attached hydrogens (tertiary/aromatic N) is 1. The van der Waals surface area contributed by atoms with Gasteiger partial charge in [0.15, 0.2) is 0 Å². The van der Waals surface area contributed by atoms with Crippen LogP contribution in [-0.4, -0.2) is 0 Å². The van der Waals surface area contributed by atoms with Crippen molar-refractivity contribution in [3.63, 3.8) is 0 Å². The molecule has 0 saturated heterocycles. The van der Waals surface area contributed by atoms with Crippen LogP contribution in [0.5, 0.6) is 0 Å². The smallest absolute Gasteiger partial charge is 0.0530 e. The summed E-state index contributed by atoms with van der Waals surface area (Å²) in [7, 11) is 0. The molecule has 0 saturated carbocycles. The van der Waals surface area contributed by atoms with E-state index in [-0.39, 0.29) is 0 Å². The predicted octanol–water partition coefficient (Wildman–Crippen LogP) is 7.76. The topological polar surface area (TPSA) is 3.24 Å². The molecule has 2 rings (SSSR count). The Labute approximate surface area is 164 Å². The highest BCUT2D eigenvalue weighted by Crippen LogP contribution is 2.35. The SMILES string of the molecule is C=CN(C(=C)C(=C/C)/C(C)=C\C)c1ccc(-c2ccccc2)cc1C(=C)C. The van der Waals surface area contributed by atoms with Crippen molar-refractivity contribution in [2.45, 2.75) is 27.7 Å². The van der Waals surface area contributed by atoms with Crippen molar-refractivity contribution in [2.75, 3.05) is 4.90 Å². The minimum Gasteiger partial charge on any atom is -0.317 e. The van der Waals surface area contributed by atoms with Gasteiger partial charge in [-0.2, -0.15) is 0 Å². The Kier molecular flexibility index (Phi) is 6.79. The van der Waals surface area contributed by atoms with Gasteiger partial charge in [0.1, 0.15) is 0 Å². The van der Waals surface area contributed by atoms with E-state index in [0.29, 0.717) is 0 Å². The molecule has 0 aliphatic carbocycles. The van der Waals surface area contributed by atoms with Gasteiger partial charge in [0.05, 0.1) is 5.69 Å². The van der Waals surface area contributed by atoms with Crippen LogP contribution in [0.4, 0.5) is 5.69 Å². The lowest BCUT2D eigenvalue weighted by molar-refractivity contribution is 1.15. The average Bonchev–Trinajstić information content (AvgIpc) is 2.69. The first kappa shape index (κ1) is 20.3. The summed E-state index contributed by atoms with van der Waals surface area (Å²) in [5.41, 5.74) is 8.68. The standard InChI is InChI=1S/C26H29N/c1-8-20(6)24(9-2)21(7)27(10-3)26-17-16-23(18-25(26)19(4)5)22-14-12-11-13-15-22/h8-18H,3-4,7H2,1-2,5-6H3/b20-8-,24-9+. The third kappa shape index (κ3) is 4.38. The monoisotopic (exact) mass is 355 g/mol. The number of rotatable bonds is 7. The van der Waals surface area contributed by atoms with E-state index < -0.39 is 0 Å². The van der Waals surface area contributed by atoms with Crippen LogP contribution >= 0.6 is 0 Å². The molecule has 0 unspecified atom stereocenters. The van der Waals surface area contributed by atoms with E-state index in [9.17, 15) is 0 Å². The summed E-state index contributed by atoms with van der Waals surface area (Å²) in [4.78, 5) is 2.04. The Hall–Kier alpha value is -3.06. The number of hydrogen-bond donors (Lipinski definition) is 0. The molecule has 0 aliphatic rings. The minimum absolute atomic E-state index is 0.901. The fraction of sp³-hybridized carbons (Fsp3) is 0.154. The first-order chi connectivity index (χ1) is 12.9. The van der Waals surface area contributed by atoms with Gasteiger partial charge in [-0.05, 0) is 67.7 Å². The molecule has 0 bridgehead atoms. The maximum Gasteiger partial charge on any atom is 0.0530 e. The van der Waals surface area contributed by atoms with E-state index in [2.05, 4.69) is 81.3 Å². The highest BCUT2D eigenvalue weighted by atomic mass is 15.1. The van der Waals surface area contributed by atoms with Gasteiger partial charge in [0, 0.05) is 17.5 Å². The number of benzene rings is 2. The van der Waals surface area contributed by atoms with Crippen molar-refractivity contribution >= 4 is 11.3 Å².